The second kappa shape index (κ2) is 6.22. The number of pyridine rings is 1. The molecule has 0 bridgehead atoms. The number of thiophene rings is 1. The molecule has 0 saturated carbocycles. The van der Waals surface area contributed by atoms with E-state index in [2.05, 4.69) is 9.97 Å². The molecular weight excluding hydrogens is 308 g/mol. The number of hydrogen-bond acceptors (Lipinski definition) is 6. The van der Waals surface area contributed by atoms with Gasteiger partial charge in [-0.2, -0.15) is 4.98 Å². The van der Waals surface area contributed by atoms with Gasteiger partial charge < -0.3 is 10.5 Å². The van der Waals surface area contributed by atoms with Crippen molar-refractivity contribution in [2.45, 2.75) is 25.7 Å². The minimum atomic E-state index is 0.465. The second-order valence-electron chi connectivity index (χ2n) is 5.62. The molecule has 3 heterocycles. The highest BCUT2D eigenvalue weighted by atomic mass is 32.1. The van der Waals surface area contributed by atoms with Gasteiger partial charge in [-0.1, -0.05) is 0 Å². The molecule has 0 aliphatic heterocycles. The number of nitrogens with zero attached hydrogens (tertiary/aromatic N) is 3. The lowest BCUT2D eigenvalue weighted by Gasteiger charge is -2.12. The van der Waals surface area contributed by atoms with Crippen LogP contribution in [0.25, 0.3) is 21.6 Å². The fourth-order valence-electron chi connectivity index (χ4n) is 3.01. The van der Waals surface area contributed by atoms with Gasteiger partial charge in [-0.3, -0.25) is 4.98 Å². The minimum Gasteiger partial charge on any atom is -0.476 e. The van der Waals surface area contributed by atoms with E-state index in [0.717, 1.165) is 28.6 Å². The van der Waals surface area contributed by atoms with Gasteiger partial charge in [0.15, 0.2) is 5.82 Å². The molecule has 6 heteroatoms. The molecule has 4 rings (SSSR count). The Morgan fingerprint density at radius 3 is 2.78 bits per heavy atom. The predicted molar refractivity (Wildman–Crippen MR) is 91.8 cm³/mol. The van der Waals surface area contributed by atoms with Crippen molar-refractivity contribution >= 4 is 21.6 Å². The summed E-state index contributed by atoms with van der Waals surface area (Å²) in [7, 11) is 0. The van der Waals surface area contributed by atoms with Crippen molar-refractivity contribution in [2.75, 3.05) is 13.2 Å². The summed E-state index contributed by atoms with van der Waals surface area (Å²) in [5.41, 5.74) is 7.94. The van der Waals surface area contributed by atoms with Crippen molar-refractivity contribution < 1.29 is 4.74 Å². The van der Waals surface area contributed by atoms with E-state index < -0.39 is 0 Å². The van der Waals surface area contributed by atoms with E-state index in [9.17, 15) is 0 Å². The average molecular weight is 326 g/mol. The summed E-state index contributed by atoms with van der Waals surface area (Å²) in [6, 6.07) is 3.84. The van der Waals surface area contributed by atoms with Crippen LogP contribution in [0.1, 0.15) is 23.3 Å². The Bertz CT molecular complexity index is 831. The number of aryl methyl sites for hydroxylation is 2. The molecule has 1 aliphatic carbocycles. The highest BCUT2D eigenvalue weighted by Crippen LogP contribution is 2.40. The quantitative estimate of drug-likeness (QED) is 0.798. The van der Waals surface area contributed by atoms with Crippen LogP contribution in [-0.2, 0) is 12.8 Å². The molecule has 0 atom stereocenters. The molecule has 2 N–H and O–H groups in total. The average Bonchev–Trinajstić information content (AvgIpc) is 2.99. The first-order valence-electron chi connectivity index (χ1n) is 7.92. The molecule has 0 saturated heterocycles. The van der Waals surface area contributed by atoms with Gasteiger partial charge in [0, 0.05) is 29.4 Å². The summed E-state index contributed by atoms with van der Waals surface area (Å²) < 4.78 is 5.87. The first-order chi connectivity index (χ1) is 11.4. The maximum atomic E-state index is 5.87. The molecule has 1 aliphatic rings. The molecule has 3 aromatic rings. The maximum Gasteiger partial charge on any atom is 0.226 e. The van der Waals surface area contributed by atoms with Crippen LogP contribution in [0.5, 0.6) is 5.88 Å². The Hall–Kier alpha value is -2.05. The van der Waals surface area contributed by atoms with Gasteiger partial charge in [-0.15, -0.1) is 11.3 Å². The van der Waals surface area contributed by atoms with Crippen molar-refractivity contribution in [3.63, 3.8) is 0 Å². The first kappa shape index (κ1) is 14.5. The topological polar surface area (TPSA) is 73.9 Å². The monoisotopic (exact) mass is 326 g/mol. The Balaban J connectivity index is 1.90. The van der Waals surface area contributed by atoms with Crippen LogP contribution in [0, 0.1) is 0 Å². The molecule has 118 valence electrons. The van der Waals surface area contributed by atoms with Gasteiger partial charge in [-0.05, 0) is 43.4 Å². The number of hydrogen-bond donors (Lipinski definition) is 1. The third kappa shape index (κ3) is 2.68. The lowest BCUT2D eigenvalue weighted by molar-refractivity contribution is 0.319. The van der Waals surface area contributed by atoms with Gasteiger partial charge in [0.05, 0.1) is 5.39 Å². The zero-order valence-electron chi connectivity index (χ0n) is 12.8. The van der Waals surface area contributed by atoms with E-state index in [4.69, 9.17) is 15.5 Å². The Labute approximate surface area is 138 Å². The molecule has 23 heavy (non-hydrogen) atoms. The van der Waals surface area contributed by atoms with Crippen LogP contribution in [0.2, 0.25) is 0 Å². The van der Waals surface area contributed by atoms with Crippen LogP contribution in [0.15, 0.2) is 24.5 Å². The number of ether oxygens (including phenoxy) is 1. The van der Waals surface area contributed by atoms with Crippen molar-refractivity contribution in [2.24, 2.45) is 5.73 Å². The normalized spacial score (nSPS) is 14.0. The van der Waals surface area contributed by atoms with E-state index in [-0.39, 0.29) is 0 Å². The zero-order chi connectivity index (χ0) is 15.6. The second-order valence-corrected chi connectivity index (χ2v) is 6.70. The van der Waals surface area contributed by atoms with Gasteiger partial charge >= 0.3 is 0 Å². The Morgan fingerprint density at radius 2 is 1.96 bits per heavy atom. The van der Waals surface area contributed by atoms with Crippen molar-refractivity contribution in [3.05, 3.63) is 35.0 Å². The third-order valence-corrected chi connectivity index (χ3v) is 5.26. The van der Waals surface area contributed by atoms with Gasteiger partial charge in [0.1, 0.15) is 11.4 Å². The lowest BCUT2D eigenvalue weighted by atomic mass is 9.97. The van der Waals surface area contributed by atoms with Crippen LogP contribution in [0.3, 0.4) is 0 Å². The highest BCUT2D eigenvalue weighted by molar-refractivity contribution is 7.18. The summed E-state index contributed by atoms with van der Waals surface area (Å²) >= 11 is 1.78. The molecule has 5 nitrogen and oxygen atoms in total. The van der Waals surface area contributed by atoms with E-state index >= 15 is 0 Å². The first-order valence-corrected chi connectivity index (χ1v) is 8.74. The van der Waals surface area contributed by atoms with E-state index in [1.165, 1.54) is 23.3 Å². The molecule has 3 aromatic heterocycles. The predicted octanol–water partition coefficient (Wildman–Crippen LogP) is 2.97. The number of fused-ring (bicyclic) bond motifs is 3. The molecule has 0 radical (unpaired) electrons. The van der Waals surface area contributed by atoms with E-state index in [1.807, 2.05) is 12.1 Å². The summed E-state index contributed by atoms with van der Waals surface area (Å²) in [5.74, 6) is 1.36. The van der Waals surface area contributed by atoms with Gasteiger partial charge in [0.25, 0.3) is 0 Å². The number of aromatic nitrogens is 3. The maximum absolute atomic E-state index is 5.87. The fourth-order valence-corrected chi connectivity index (χ4v) is 4.27. The number of rotatable bonds is 4. The van der Waals surface area contributed by atoms with Crippen LogP contribution >= 0.6 is 11.3 Å². The lowest BCUT2D eigenvalue weighted by Crippen LogP contribution is -2.12. The molecule has 0 unspecified atom stereocenters. The minimum absolute atomic E-state index is 0.465. The fraction of sp³-hybridized carbons (Fsp3) is 0.353. The molecule has 0 fully saturated rings. The summed E-state index contributed by atoms with van der Waals surface area (Å²) in [6.07, 6.45) is 8.21. The zero-order valence-corrected chi connectivity index (χ0v) is 13.6. The van der Waals surface area contributed by atoms with Crippen LogP contribution in [0.4, 0.5) is 0 Å². The Kier molecular flexibility index (Phi) is 3.93. The smallest absolute Gasteiger partial charge is 0.226 e. The summed E-state index contributed by atoms with van der Waals surface area (Å²) in [4.78, 5) is 16.0. The Morgan fingerprint density at radius 1 is 1.13 bits per heavy atom. The van der Waals surface area contributed by atoms with Crippen molar-refractivity contribution in [1.82, 2.24) is 15.0 Å². The molecular formula is C17H18N4OS. The summed E-state index contributed by atoms with van der Waals surface area (Å²) in [5, 5.41) is 1.09. The van der Waals surface area contributed by atoms with E-state index in [1.54, 1.807) is 23.7 Å². The van der Waals surface area contributed by atoms with Crippen LogP contribution in [-0.4, -0.2) is 28.1 Å². The SMILES string of the molecule is NCCOc1nc(-c2ccncc2)nc2sc3c(c12)CCCC3. The largest absolute Gasteiger partial charge is 0.476 e. The van der Waals surface area contributed by atoms with Crippen LogP contribution < -0.4 is 10.5 Å². The van der Waals surface area contributed by atoms with Crippen molar-refractivity contribution in [1.29, 1.82) is 0 Å². The number of nitrogens with two attached hydrogens (primary N) is 1. The molecule has 0 spiro atoms. The van der Waals surface area contributed by atoms with Gasteiger partial charge in [-0.25, -0.2) is 4.98 Å². The molecule has 0 amide bonds. The van der Waals surface area contributed by atoms with E-state index in [0.29, 0.717) is 24.9 Å². The van der Waals surface area contributed by atoms with Crippen molar-refractivity contribution in [3.8, 4) is 17.3 Å². The third-order valence-electron chi connectivity index (χ3n) is 4.08. The van der Waals surface area contributed by atoms with Gasteiger partial charge in [0.2, 0.25) is 5.88 Å². The molecule has 0 aromatic carbocycles. The standard InChI is InChI=1S/C17H18N4OS/c18-7-10-22-16-14-12-3-1-2-4-13(12)23-17(14)21-15(20-16)11-5-8-19-9-6-11/h5-6,8-9H,1-4,7,10,18H2. The highest BCUT2D eigenvalue weighted by Gasteiger charge is 2.22. The summed E-state index contributed by atoms with van der Waals surface area (Å²) in [6.45, 7) is 0.939.